The van der Waals surface area contributed by atoms with Crippen LogP contribution in [0.15, 0.2) is 146 Å². The summed E-state index contributed by atoms with van der Waals surface area (Å²) in [6, 6.07) is 49.1. The van der Waals surface area contributed by atoms with Gasteiger partial charge in [0.2, 0.25) is 0 Å². The van der Waals surface area contributed by atoms with Crippen LogP contribution in [0.3, 0.4) is 0 Å². The molecule has 6 aromatic carbocycles. The van der Waals surface area contributed by atoms with Gasteiger partial charge in [-0.2, -0.15) is 0 Å². The maximum absolute atomic E-state index is 12.8. The fourth-order valence-corrected chi connectivity index (χ4v) is 6.47. The topological polar surface area (TPSA) is 76.7 Å². The van der Waals surface area contributed by atoms with Crippen LogP contribution in [0.2, 0.25) is 0 Å². The fourth-order valence-electron chi connectivity index (χ4n) is 6.47. The van der Waals surface area contributed by atoms with Crippen LogP contribution in [0, 0.1) is 0 Å². The van der Waals surface area contributed by atoms with Crippen molar-refractivity contribution in [3.05, 3.63) is 201 Å². The van der Waals surface area contributed by atoms with Gasteiger partial charge in [0.1, 0.15) is 13.2 Å². The summed E-state index contributed by atoms with van der Waals surface area (Å²) in [6.07, 6.45) is 1.85. The Balaban J connectivity index is 1.15. The van der Waals surface area contributed by atoms with E-state index in [0.29, 0.717) is 37.1 Å². The molecule has 2 N–H and O–H groups in total. The molecule has 0 atom stereocenters. The standard InChI is InChI=1S/C44H38N2O4/c47-43(49-29-31-9-3-1-4-10-31)45-41-25-37-19-33-13-7-15-35(17-33)21-39-24-40(22-36-16-8-14-34(18-36)20-38(23-37)26-41)28-42(27-39)46-44(48)50-30-32-11-5-2-6-12-32/h1-18,23-28H,19-22,29-30H2,(H,45,47)(H,46,48). The lowest BCUT2D eigenvalue weighted by Gasteiger charge is -2.15. The van der Waals surface area contributed by atoms with Crippen molar-refractivity contribution in [1.82, 2.24) is 0 Å². The summed E-state index contributed by atoms with van der Waals surface area (Å²) < 4.78 is 11.1. The summed E-state index contributed by atoms with van der Waals surface area (Å²) in [5, 5.41) is 5.93. The molecule has 6 nitrogen and oxygen atoms in total. The zero-order valence-corrected chi connectivity index (χ0v) is 27.7. The van der Waals surface area contributed by atoms with Crippen LogP contribution in [0.1, 0.15) is 55.6 Å². The number of benzene rings is 6. The number of amides is 2. The average Bonchev–Trinajstić information content (AvgIpc) is 3.10. The summed E-state index contributed by atoms with van der Waals surface area (Å²) >= 11 is 0. The lowest BCUT2D eigenvalue weighted by atomic mass is 9.93. The average molecular weight is 659 g/mol. The molecule has 6 aromatic rings. The summed E-state index contributed by atoms with van der Waals surface area (Å²) in [7, 11) is 0. The molecule has 6 heteroatoms. The zero-order valence-electron chi connectivity index (χ0n) is 27.7. The van der Waals surface area contributed by atoms with Crippen LogP contribution in [0.5, 0.6) is 0 Å². The third kappa shape index (κ3) is 9.05. The second kappa shape index (κ2) is 15.4. The van der Waals surface area contributed by atoms with Crippen LogP contribution in [0.25, 0.3) is 0 Å². The van der Waals surface area contributed by atoms with Crippen molar-refractivity contribution in [3.63, 3.8) is 0 Å². The van der Waals surface area contributed by atoms with E-state index in [9.17, 15) is 9.59 Å². The Morgan fingerprint density at radius 3 is 1.06 bits per heavy atom. The highest BCUT2D eigenvalue weighted by Gasteiger charge is 2.12. The summed E-state index contributed by atoms with van der Waals surface area (Å²) in [5.41, 5.74) is 12.4. The molecule has 0 saturated heterocycles. The van der Waals surface area contributed by atoms with Gasteiger partial charge >= 0.3 is 12.2 Å². The summed E-state index contributed by atoms with van der Waals surface area (Å²) in [6.45, 7) is 0.410. The number of carbonyl (C=O) groups excluding carboxylic acids is 2. The molecule has 248 valence electrons. The second-order valence-electron chi connectivity index (χ2n) is 12.8. The monoisotopic (exact) mass is 658 g/mol. The van der Waals surface area contributed by atoms with Crippen molar-refractivity contribution >= 4 is 23.6 Å². The van der Waals surface area contributed by atoms with Crippen molar-refractivity contribution in [2.45, 2.75) is 38.9 Å². The van der Waals surface area contributed by atoms with Gasteiger partial charge in [-0.1, -0.05) is 121 Å². The van der Waals surface area contributed by atoms with Crippen molar-refractivity contribution in [3.8, 4) is 0 Å². The quantitative estimate of drug-likeness (QED) is 0.187. The molecule has 0 spiro atoms. The molecular formula is C44H38N2O4. The molecule has 0 fully saturated rings. The van der Waals surface area contributed by atoms with Gasteiger partial charge in [-0.05, 0) is 106 Å². The molecule has 0 saturated carbocycles. The van der Waals surface area contributed by atoms with Crippen LogP contribution in [-0.2, 0) is 48.4 Å². The molecule has 0 aromatic heterocycles. The van der Waals surface area contributed by atoms with E-state index < -0.39 is 12.2 Å². The number of anilines is 2. The Kier molecular flexibility index (Phi) is 9.97. The van der Waals surface area contributed by atoms with Gasteiger partial charge in [-0.25, -0.2) is 9.59 Å². The third-order valence-electron chi connectivity index (χ3n) is 8.64. The van der Waals surface area contributed by atoms with Crippen LogP contribution in [-0.4, -0.2) is 12.2 Å². The minimum atomic E-state index is -0.484. The maximum atomic E-state index is 12.8. The van der Waals surface area contributed by atoms with Gasteiger partial charge in [0.25, 0.3) is 0 Å². The minimum absolute atomic E-state index is 0.205. The van der Waals surface area contributed by atoms with E-state index in [0.717, 1.165) is 33.4 Å². The molecule has 0 radical (unpaired) electrons. The summed E-state index contributed by atoms with van der Waals surface area (Å²) in [4.78, 5) is 25.6. The first-order chi connectivity index (χ1) is 24.5. The molecule has 2 amide bonds. The van der Waals surface area contributed by atoms with Crippen LogP contribution >= 0.6 is 0 Å². The SMILES string of the molecule is O=C(Nc1cc2cc(c1)Cc1cccc(c1)Cc1cc(cc(NC(=O)OCc3ccccc3)c1)Cc1cccc(c1)C2)OCc1ccccc1. The van der Waals surface area contributed by atoms with E-state index in [-0.39, 0.29) is 13.2 Å². The van der Waals surface area contributed by atoms with Gasteiger partial charge in [-0.3, -0.25) is 10.6 Å². The molecule has 7 rings (SSSR count). The number of hydrogen-bond donors (Lipinski definition) is 2. The Labute approximate surface area is 292 Å². The number of carbonyl (C=O) groups is 2. The first kappa shape index (κ1) is 32.4. The number of fused-ring (bicyclic) bond motifs is 8. The first-order valence-corrected chi connectivity index (χ1v) is 16.9. The number of rotatable bonds is 6. The maximum Gasteiger partial charge on any atom is 0.411 e. The third-order valence-corrected chi connectivity index (χ3v) is 8.64. The van der Waals surface area contributed by atoms with E-state index >= 15 is 0 Å². The van der Waals surface area contributed by atoms with E-state index in [2.05, 4.69) is 71.3 Å². The van der Waals surface area contributed by atoms with E-state index in [1.807, 2.05) is 84.9 Å². The lowest BCUT2D eigenvalue weighted by Crippen LogP contribution is -2.14. The smallest absolute Gasteiger partial charge is 0.411 e. The number of nitrogens with one attached hydrogen (secondary N) is 2. The molecular weight excluding hydrogens is 620 g/mol. The predicted molar refractivity (Wildman–Crippen MR) is 197 cm³/mol. The number of ether oxygens (including phenoxy) is 2. The molecule has 50 heavy (non-hydrogen) atoms. The molecule has 8 bridgehead atoms. The van der Waals surface area contributed by atoms with Gasteiger partial charge in [0.15, 0.2) is 0 Å². The normalized spacial score (nSPS) is 12.0. The van der Waals surface area contributed by atoms with Gasteiger partial charge in [0, 0.05) is 11.4 Å². The van der Waals surface area contributed by atoms with E-state index in [1.165, 1.54) is 22.3 Å². The minimum Gasteiger partial charge on any atom is -0.444 e. The Hall–Kier alpha value is -6.14. The molecule has 0 heterocycles. The van der Waals surface area contributed by atoms with Gasteiger partial charge < -0.3 is 9.47 Å². The van der Waals surface area contributed by atoms with Crippen molar-refractivity contribution < 1.29 is 19.1 Å². The van der Waals surface area contributed by atoms with Crippen molar-refractivity contribution in [1.29, 1.82) is 0 Å². The summed E-state index contributed by atoms with van der Waals surface area (Å²) in [5.74, 6) is 0. The van der Waals surface area contributed by atoms with E-state index in [4.69, 9.17) is 9.47 Å². The Morgan fingerprint density at radius 1 is 0.400 bits per heavy atom. The molecule has 1 aliphatic carbocycles. The largest absolute Gasteiger partial charge is 0.444 e. The van der Waals surface area contributed by atoms with Crippen molar-refractivity contribution in [2.24, 2.45) is 0 Å². The highest BCUT2D eigenvalue weighted by atomic mass is 16.6. The molecule has 0 unspecified atom stereocenters. The highest BCUT2D eigenvalue weighted by Crippen LogP contribution is 2.26. The highest BCUT2D eigenvalue weighted by molar-refractivity contribution is 5.85. The zero-order chi connectivity index (χ0) is 34.1. The van der Waals surface area contributed by atoms with E-state index in [1.54, 1.807) is 0 Å². The predicted octanol–water partition coefficient (Wildman–Crippen LogP) is 9.86. The Morgan fingerprint density at radius 2 is 0.720 bits per heavy atom. The van der Waals surface area contributed by atoms with Crippen molar-refractivity contribution in [2.75, 3.05) is 10.6 Å². The lowest BCUT2D eigenvalue weighted by molar-refractivity contribution is 0.154. The fraction of sp³-hybridized carbons (Fsp3) is 0.136. The number of hydrogen-bond acceptors (Lipinski definition) is 4. The van der Waals surface area contributed by atoms with Crippen LogP contribution < -0.4 is 10.6 Å². The molecule has 1 aliphatic rings. The van der Waals surface area contributed by atoms with Crippen LogP contribution in [0.4, 0.5) is 21.0 Å². The van der Waals surface area contributed by atoms with Gasteiger partial charge in [0.05, 0.1) is 0 Å². The second-order valence-corrected chi connectivity index (χ2v) is 12.8. The van der Waals surface area contributed by atoms with Gasteiger partial charge in [-0.15, -0.1) is 0 Å². The first-order valence-electron chi connectivity index (χ1n) is 16.9. The Bertz CT molecular complexity index is 1880. The molecule has 0 aliphatic heterocycles.